The molecule has 0 spiro atoms. The van der Waals surface area contributed by atoms with E-state index in [-0.39, 0.29) is 0 Å². The van der Waals surface area contributed by atoms with E-state index in [2.05, 4.69) is 103 Å². The van der Waals surface area contributed by atoms with Crippen molar-refractivity contribution in [2.75, 3.05) is 19.6 Å². The molecule has 0 heterocycles. The van der Waals surface area contributed by atoms with E-state index in [1.54, 1.807) is 0 Å². The van der Waals surface area contributed by atoms with E-state index in [9.17, 15) is 0 Å². The summed E-state index contributed by atoms with van der Waals surface area (Å²) in [7, 11) is 0. The van der Waals surface area contributed by atoms with Gasteiger partial charge in [0, 0.05) is 12.6 Å². The highest BCUT2D eigenvalue weighted by molar-refractivity contribution is 5.23. The fourth-order valence-electron chi connectivity index (χ4n) is 3.37. The zero-order valence-electron chi connectivity index (χ0n) is 17.1. The summed E-state index contributed by atoms with van der Waals surface area (Å²) in [4.78, 5) is 0. The third kappa shape index (κ3) is 6.63. The standard InChI is InChI=1S/C26H32N2/c1-21-8-12-23(13-9-21)16-18-27-20-26(25-6-4-3-5-7-25)28-19-17-24-14-10-22(2)11-15-24/h3-15,26-28H,16-20H2,1-2H3. The maximum absolute atomic E-state index is 3.74. The van der Waals surface area contributed by atoms with Gasteiger partial charge in [-0.15, -0.1) is 0 Å². The Kier molecular flexibility index (Phi) is 7.83. The van der Waals surface area contributed by atoms with Crippen molar-refractivity contribution >= 4 is 0 Å². The number of nitrogens with one attached hydrogen (secondary N) is 2. The highest BCUT2D eigenvalue weighted by Crippen LogP contribution is 2.12. The zero-order valence-corrected chi connectivity index (χ0v) is 17.1. The molecule has 2 heteroatoms. The molecule has 2 nitrogen and oxygen atoms in total. The van der Waals surface area contributed by atoms with E-state index < -0.39 is 0 Å². The first-order valence-corrected chi connectivity index (χ1v) is 10.3. The van der Waals surface area contributed by atoms with Crippen molar-refractivity contribution in [2.45, 2.75) is 32.7 Å². The van der Waals surface area contributed by atoms with Gasteiger partial charge in [-0.3, -0.25) is 0 Å². The summed E-state index contributed by atoms with van der Waals surface area (Å²) >= 11 is 0. The molecule has 146 valence electrons. The van der Waals surface area contributed by atoms with Crippen molar-refractivity contribution in [1.82, 2.24) is 10.6 Å². The smallest absolute Gasteiger partial charge is 0.0446 e. The lowest BCUT2D eigenvalue weighted by Crippen LogP contribution is -2.33. The molecular formula is C26H32N2. The Hall–Kier alpha value is -2.42. The highest BCUT2D eigenvalue weighted by atomic mass is 15.0. The fraction of sp³-hybridized carbons (Fsp3) is 0.308. The Morgan fingerprint density at radius 3 is 1.75 bits per heavy atom. The Morgan fingerprint density at radius 2 is 1.18 bits per heavy atom. The quantitative estimate of drug-likeness (QED) is 0.489. The van der Waals surface area contributed by atoms with Crippen LogP contribution in [0.3, 0.4) is 0 Å². The summed E-state index contributed by atoms with van der Waals surface area (Å²) in [5.74, 6) is 0. The molecule has 0 saturated heterocycles. The van der Waals surface area contributed by atoms with Gasteiger partial charge >= 0.3 is 0 Å². The van der Waals surface area contributed by atoms with Gasteiger partial charge in [0.2, 0.25) is 0 Å². The molecule has 0 saturated carbocycles. The van der Waals surface area contributed by atoms with Crippen LogP contribution >= 0.6 is 0 Å². The van der Waals surface area contributed by atoms with Crippen molar-refractivity contribution in [3.05, 3.63) is 107 Å². The molecule has 2 N–H and O–H groups in total. The molecule has 0 aliphatic carbocycles. The number of rotatable bonds is 10. The van der Waals surface area contributed by atoms with Gasteiger partial charge in [-0.1, -0.05) is 90.0 Å². The van der Waals surface area contributed by atoms with Crippen LogP contribution < -0.4 is 10.6 Å². The molecule has 3 aromatic carbocycles. The van der Waals surface area contributed by atoms with E-state index in [1.165, 1.54) is 27.8 Å². The van der Waals surface area contributed by atoms with E-state index in [0.29, 0.717) is 6.04 Å². The lowest BCUT2D eigenvalue weighted by molar-refractivity contribution is 0.493. The van der Waals surface area contributed by atoms with Gasteiger partial charge in [0.1, 0.15) is 0 Å². The molecule has 28 heavy (non-hydrogen) atoms. The lowest BCUT2D eigenvalue weighted by Gasteiger charge is -2.20. The van der Waals surface area contributed by atoms with E-state index in [0.717, 1.165) is 32.5 Å². The summed E-state index contributed by atoms with van der Waals surface area (Å²) in [5.41, 5.74) is 6.75. The van der Waals surface area contributed by atoms with Gasteiger partial charge in [-0.25, -0.2) is 0 Å². The van der Waals surface area contributed by atoms with Crippen molar-refractivity contribution in [3.8, 4) is 0 Å². The minimum absolute atomic E-state index is 0.324. The first-order valence-electron chi connectivity index (χ1n) is 10.3. The molecule has 3 aromatic rings. The summed E-state index contributed by atoms with van der Waals surface area (Å²) in [6.45, 7) is 7.17. The number of hydrogen-bond acceptors (Lipinski definition) is 2. The topological polar surface area (TPSA) is 24.1 Å². The van der Waals surface area contributed by atoms with Crippen LogP contribution in [0.5, 0.6) is 0 Å². The minimum atomic E-state index is 0.324. The molecule has 0 aromatic heterocycles. The second kappa shape index (κ2) is 10.8. The molecular weight excluding hydrogens is 340 g/mol. The summed E-state index contributed by atoms with van der Waals surface area (Å²) in [6.07, 6.45) is 2.11. The summed E-state index contributed by atoms with van der Waals surface area (Å²) in [6, 6.07) is 28.8. The number of hydrogen-bond donors (Lipinski definition) is 2. The zero-order chi connectivity index (χ0) is 19.6. The third-order valence-corrected chi connectivity index (χ3v) is 5.19. The predicted octanol–water partition coefficient (Wildman–Crippen LogP) is 5.01. The average molecular weight is 373 g/mol. The first-order chi connectivity index (χ1) is 13.7. The van der Waals surface area contributed by atoms with Crippen LogP contribution in [0.15, 0.2) is 78.9 Å². The Morgan fingerprint density at radius 1 is 0.643 bits per heavy atom. The predicted molar refractivity (Wildman–Crippen MR) is 120 cm³/mol. The fourth-order valence-corrected chi connectivity index (χ4v) is 3.37. The summed E-state index contributed by atoms with van der Waals surface area (Å²) < 4.78 is 0. The molecule has 3 rings (SSSR count). The first kappa shape index (κ1) is 20.3. The second-order valence-corrected chi connectivity index (χ2v) is 7.59. The van der Waals surface area contributed by atoms with E-state index >= 15 is 0 Å². The van der Waals surface area contributed by atoms with Crippen molar-refractivity contribution in [2.24, 2.45) is 0 Å². The molecule has 0 aliphatic rings. The largest absolute Gasteiger partial charge is 0.315 e. The van der Waals surface area contributed by atoms with Crippen LogP contribution in [0.1, 0.15) is 33.9 Å². The molecule has 0 bridgehead atoms. The maximum atomic E-state index is 3.74. The minimum Gasteiger partial charge on any atom is -0.315 e. The van der Waals surface area contributed by atoms with Crippen LogP contribution in [0.2, 0.25) is 0 Å². The van der Waals surface area contributed by atoms with Gasteiger partial charge in [-0.2, -0.15) is 0 Å². The summed E-state index contributed by atoms with van der Waals surface area (Å²) in [5, 5.41) is 7.38. The Labute approximate surface area is 170 Å². The third-order valence-electron chi connectivity index (χ3n) is 5.19. The van der Waals surface area contributed by atoms with Crippen LogP contribution in [0, 0.1) is 13.8 Å². The molecule has 1 atom stereocenters. The normalized spacial score (nSPS) is 12.1. The lowest BCUT2D eigenvalue weighted by atomic mass is 10.1. The van der Waals surface area contributed by atoms with Gasteiger partial charge < -0.3 is 10.6 Å². The van der Waals surface area contributed by atoms with Crippen molar-refractivity contribution in [1.29, 1.82) is 0 Å². The monoisotopic (exact) mass is 372 g/mol. The molecule has 0 aliphatic heterocycles. The Bertz CT molecular complexity index is 807. The Balaban J connectivity index is 1.49. The SMILES string of the molecule is Cc1ccc(CCNCC(NCCc2ccc(C)cc2)c2ccccc2)cc1. The molecule has 1 unspecified atom stereocenters. The maximum Gasteiger partial charge on any atom is 0.0446 e. The van der Waals surface area contributed by atoms with Crippen LogP contribution in [0.4, 0.5) is 0 Å². The average Bonchev–Trinajstić information content (AvgIpc) is 2.73. The second-order valence-electron chi connectivity index (χ2n) is 7.59. The molecule has 0 fully saturated rings. The van der Waals surface area contributed by atoms with Crippen LogP contribution in [0.25, 0.3) is 0 Å². The number of benzene rings is 3. The number of aryl methyl sites for hydroxylation is 2. The van der Waals surface area contributed by atoms with Gasteiger partial charge in [0.25, 0.3) is 0 Å². The van der Waals surface area contributed by atoms with E-state index in [1.807, 2.05) is 0 Å². The molecule has 0 radical (unpaired) electrons. The highest BCUT2D eigenvalue weighted by Gasteiger charge is 2.10. The van der Waals surface area contributed by atoms with Crippen molar-refractivity contribution in [3.63, 3.8) is 0 Å². The van der Waals surface area contributed by atoms with Crippen LogP contribution in [-0.4, -0.2) is 19.6 Å². The van der Waals surface area contributed by atoms with E-state index in [4.69, 9.17) is 0 Å². The van der Waals surface area contributed by atoms with Gasteiger partial charge in [0.15, 0.2) is 0 Å². The van der Waals surface area contributed by atoms with Gasteiger partial charge in [0.05, 0.1) is 0 Å². The van der Waals surface area contributed by atoms with Crippen LogP contribution in [-0.2, 0) is 12.8 Å². The van der Waals surface area contributed by atoms with Gasteiger partial charge in [-0.05, 0) is 56.5 Å². The van der Waals surface area contributed by atoms with Crippen molar-refractivity contribution < 1.29 is 0 Å². The molecule has 0 amide bonds.